The number of alkyl halides is 1. The van der Waals surface area contributed by atoms with Gasteiger partial charge in [0, 0.05) is 0 Å². The zero-order chi connectivity index (χ0) is 14.3. The SMILES string of the molecule is CC(=O)C(Cl)C(=O)OCCOC(=O)c1ccccc1. The minimum absolute atomic E-state index is 0.0962. The average molecular weight is 285 g/mol. The fourth-order valence-electron chi connectivity index (χ4n) is 1.17. The molecular weight excluding hydrogens is 272 g/mol. The fraction of sp³-hybridized carbons (Fsp3) is 0.308. The van der Waals surface area contributed by atoms with Gasteiger partial charge in [0.15, 0.2) is 11.2 Å². The Kier molecular flexibility index (Phi) is 6.02. The van der Waals surface area contributed by atoms with E-state index in [1.807, 2.05) is 0 Å². The normalized spacial score (nSPS) is 11.5. The summed E-state index contributed by atoms with van der Waals surface area (Å²) in [6, 6.07) is 8.42. The van der Waals surface area contributed by atoms with Crippen molar-refractivity contribution in [2.45, 2.75) is 12.3 Å². The predicted octanol–water partition coefficient (Wildman–Crippen LogP) is 1.58. The summed E-state index contributed by atoms with van der Waals surface area (Å²) >= 11 is 5.47. The summed E-state index contributed by atoms with van der Waals surface area (Å²) in [5.74, 6) is -1.84. The molecule has 102 valence electrons. The summed E-state index contributed by atoms with van der Waals surface area (Å²) in [6.07, 6.45) is 0. The number of benzene rings is 1. The Morgan fingerprint density at radius 1 is 1.11 bits per heavy atom. The molecule has 0 heterocycles. The first-order chi connectivity index (χ1) is 9.02. The molecule has 0 amide bonds. The van der Waals surface area contributed by atoms with Gasteiger partial charge in [0.1, 0.15) is 13.2 Å². The van der Waals surface area contributed by atoms with Crippen LogP contribution >= 0.6 is 11.6 Å². The predicted molar refractivity (Wildman–Crippen MR) is 68.0 cm³/mol. The van der Waals surface area contributed by atoms with E-state index < -0.39 is 23.1 Å². The molecule has 1 unspecified atom stereocenters. The molecule has 0 aliphatic rings. The number of hydrogen-bond donors (Lipinski definition) is 0. The van der Waals surface area contributed by atoms with Gasteiger partial charge in [0.05, 0.1) is 5.56 Å². The maximum atomic E-state index is 11.5. The Morgan fingerprint density at radius 3 is 2.26 bits per heavy atom. The zero-order valence-corrected chi connectivity index (χ0v) is 11.1. The molecule has 0 bridgehead atoms. The molecule has 1 atom stereocenters. The van der Waals surface area contributed by atoms with Crippen LogP contribution in [-0.4, -0.2) is 36.3 Å². The van der Waals surface area contributed by atoms with E-state index >= 15 is 0 Å². The van der Waals surface area contributed by atoms with Crippen molar-refractivity contribution >= 4 is 29.3 Å². The first-order valence-electron chi connectivity index (χ1n) is 5.55. The molecule has 1 aromatic carbocycles. The molecule has 5 nitrogen and oxygen atoms in total. The third kappa shape index (κ3) is 5.09. The van der Waals surface area contributed by atoms with Crippen LogP contribution in [0.5, 0.6) is 0 Å². The van der Waals surface area contributed by atoms with Crippen molar-refractivity contribution in [3.63, 3.8) is 0 Å². The van der Waals surface area contributed by atoms with Crippen molar-refractivity contribution < 1.29 is 23.9 Å². The third-order valence-corrected chi connectivity index (χ3v) is 2.62. The van der Waals surface area contributed by atoms with Crippen molar-refractivity contribution in [1.82, 2.24) is 0 Å². The van der Waals surface area contributed by atoms with Gasteiger partial charge in [0.2, 0.25) is 0 Å². The van der Waals surface area contributed by atoms with Gasteiger partial charge < -0.3 is 9.47 Å². The molecule has 1 rings (SSSR count). The molecule has 0 N–H and O–H groups in total. The number of Topliss-reactive ketones (excluding diaryl/α,β-unsaturated/α-hetero) is 1. The summed E-state index contributed by atoms with van der Waals surface area (Å²) in [5.41, 5.74) is 0.410. The lowest BCUT2D eigenvalue weighted by Gasteiger charge is -2.08. The van der Waals surface area contributed by atoms with Crippen LogP contribution in [-0.2, 0) is 19.1 Å². The van der Waals surface area contributed by atoms with Crippen molar-refractivity contribution in [1.29, 1.82) is 0 Å². The van der Waals surface area contributed by atoms with E-state index in [0.717, 1.165) is 0 Å². The maximum Gasteiger partial charge on any atom is 0.338 e. The highest BCUT2D eigenvalue weighted by molar-refractivity contribution is 6.40. The van der Waals surface area contributed by atoms with Gasteiger partial charge in [-0.05, 0) is 19.1 Å². The van der Waals surface area contributed by atoms with E-state index in [0.29, 0.717) is 5.56 Å². The van der Waals surface area contributed by atoms with E-state index in [4.69, 9.17) is 16.3 Å². The van der Waals surface area contributed by atoms with Crippen LogP contribution in [0.3, 0.4) is 0 Å². The Hall–Kier alpha value is -1.88. The number of rotatable bonds is 6. The van der Waals surface area contributed by atoms with Crippen LogP contribution in [0.25, 0.3) is 0 Å². The van der Waals surface area contributed by atoms with Gasteiger partial charge in [-0.1, -0.05) is 18.2 Å². The largest absolute Gasteiger partial charge is 0.461 e. The average Bonchev–Trinajstić information content (AvgIpc) is 2.43. The van der Waals surface area contributed by atoms with E-state index in [1.165, 1.54) is 6.92 Å². The quantitative estimate of drug-likeness (QED) is 0.343. The molecule has 0 aliphatic heterocycles. The molecular formula is C13H13ClO5. The van der Waals surface area contributed by atoms with E-state index in [9.17, 15) is 14.4 Å². The van der Waals surface area contributed by atoms with Crippen LogP contribution in [0.2, 0.25) is 0 Å². The third-order valence-electron chi connectivity index (χ3n) is 2.13. The Labute approximate surface area is 115 Å². The van der Waals surface area contributed by atoms with Gasteiger partial charge in [0.25, 0.3) is 0 Å². The number of carbonyl (C=O) groups excluding carboxylic acids is 3. The van der Waals surface area contributed by atoms with Gasteiger partial charge in [-0.25, -0.2) is 9.59 Å². The molecule has 1 aromatic rings. The van der Waals surface area contributed by atoms with Crippen molar-refractivity contribution in [2.75, 3.05) is 13.2 Å². The van der Waals surface area contributed by atoms with Crippen LogP contribution < -0.4 is 0 Å². The molecule has 6 heteroatoms. The van der Waals surface area contributed by atoms with Crippen LogP contribution in [0, 0.1) is 0 Å². The topological polar surface area (TPSA) is 69.7 Å². The lowest BCUT2D eigenvalue weighted by Crippen LogP contribution is -2.26. The maximum absolute atomic E-state index is 11.5. The second-order valence-corrected chi connectivity index (χ2v) is 4.08. The number of esters is 2. The van der Waals surface area contributed by atoms with Crippen molar-refractivity contribution in [3.8, 4) is 0 Å². The zero-order valence-electron chi connectivity index (χ0n) is 10.3. The summed E-state index contributed by atoms with van der Waals surface area (Å²) in [6.45, 7) is 0.948. The van der Waals surface area contributed by atoms with Gasteiger partial charge >= 0.3 is 11.9 Å². The molecule has 0 aliphatic carbocycles. The molecule has 0 fully saturated rings. The summed E-state index contributed by atoms with van der Waals surface area (Å²) in [4.78, 5) is 33.5. The first kappa shape index (κ1) is 15.2. The lowest BCUT2D eigenvalue weighted by atomic mass is 10.2. The van der Waals surface area contributed by atoms with Crippen LogP contribution in [0.4, 0.5) is 0 Å². The summed E-state index contributed by atoms with van der Waals surface area (Å²) < 4.78 is 9.56. The highest BCUT2D eigenvalue weighted by atomic mass is 35.5. The summed E-state index contributed by atoms with van der Waals surface area (Å²) in [5, 5.41) is -1.31. The first-order valence-corrected chi connectivity index (χ1v) is 5.99. The second kappa shape index (κ2) is 7.53. The lowest BCUT2D eigenvalue weighted by molar-refractivity contribution is -0.146. The smallest absolute Gasteiger partial charge is 0.338 e. The van der Waals surface area contributed by atoms with E-state index in [2.05, 4.69) is 4.74 Å². The molecule has 0 saturated carbocycles. The van der Waals surface area contributed by atoms with Crippen molar-refractivity contribution in [3.05, 3.63) is 35.9 Å². The van der Waals surface area contributed by atoms with Gasteiger partial charge in [-0.15, -0.1) is 11.6 Å². The summed E-state index contributed by atoms with van der Waals surface area (Å²) in [7, 11) is 0. The Morgan fingerprint density at radius 2 is 1.68 bits per heavy atom. The highest BCUT2D eigenvalue weighted by Gasteiger charge is 2.21. The van der Waals surface area contributed by atoms with Crippen molar-refractivity contribution in [2.24, 2.45) is 0 Å². The number of hydrogen-bond acceptors (Lipinski definition) is 5. The van der Waals surface area contributed by atoms with E-state index in [1.54, 1.807) is 30.3 Å². The number of ether oxygens (including phenoxy) is 2. The van der Waals surface area contributed by atoms with Gasteiger partial charge in [-0.2, -0.15) is 0 Å². The standard InChI is InChI=1S/C13H13ClO5/c1-9(15)11(14)13(17)19-8-7-18-12(16)10-5-3-2-4-6-10/h2-6,11H,7-8H2,1H3. The molecule has 0 radical (unpaired) electrons. The molecule has 0 saturated heterocycles. The second-order valence-electron chi connectivity index (χ2n) is 3.64. The Balaban J connectivity index is 2.27. The number of ketones is 1. The van der Waals surface area contributed by atoms with Crippen LogP contribution in [0.15, 0.2) is 30.3 Å². The highest BCUT2D eigenvalue weighted by Crippen LogP contribution is 2.02. The fourth-order valence-corrected chi connectivity index (χ4v) is 1.24. The van der Waals surface area contributed by atoms with Gasteiger partial charge in [-0.3, -0.25) is 4.79 Å². The van der Waals surface area contributed by atoms with Crippen LogP contribution in [0.1, 0.15) is 17.3 Å². The number of halogens is 1. The molecule has 0 aromatic heterocycles. The number of carbonyl (C=O) groups is 3. The van der Waals surface area contributed by atoms with E-state index in [-0.39, 0.29) is 13.2 Å². The molecule has 19 heavy (non-hydrogen) atoms. The monoisotopic (exact) mass is 284 g/mol. The minimum atomic E-state index is -1.31. The molecule has 0 spiro atoms. The Bertz CT molecular complexity index is 457. The minimum Gasteiger partial charge on any atom is -0.461 e.